The van der Waals surface area contributed by atoms with Crippen LogP contribution in [0.4, 0.5) is 34.1 Å². The molecule has 0 N–H and O–H groups in total. The van der Waals surface area contributed by atoms with E-state index in [1.165, 1.54) is 77.2 Å². The molecule has 0 aromatic heterocycles. The SMILES string of the molecule is CC(C)(C)c1ccc(N(c2ccc(C(C)(C)C)cc2)c2cc3c(c4ccccc24)-c2c(cc(N(c4ccc(C(C)(C)C)cc4)c4ccc(C(C)(C)C)cc4)c4ccccc24)C3(c2ccccc2)c2ccccc2)cc1. The number of anilines is 6. The van der Waals surface area contributed by atoms with Crippen LogP contribution in [0.3, 0.4) is 0 Å². The molecule has 0 aliphatic heterocycles. The molecule has 0 fully saturated rings. The summed E-state index contributed by atoms with van der Waals surface area (Å²) in [5.74, 6) is 0. The van der Waals surface area contributed by atoms with Crippen LogP contribution in [-0.2, 0) is 27.1 Å². The zero-order valence-corrected chi connectivity index (χ0v) is 46.2. The molecule has 0 spiro atoms. The molecule has 0 radical (unpaired) electrons. The molecule has 11 rings (SSSR count). The molecule has 0 saturated carbocycles. The minimum Gasteiger partial charge on any atom is -0.310 e. The van der Waals surface area contributed by atoms with Crippen LogP contribution in [0.1, 0.15) is 128 Å². The van der Waals surface area contributed by atoms with Crippen molar-refractivity contribution in [2.24, 2.45) is 0 Å². The van der Waals surface area contributed by atoms with Gasteiger partial charge in [-0.3, -0.25) is 0 Å². The maximum absolute atomic E-state index is 2.57. The fraction of sp³-hybridized carbons (Fsp3) is 0.233. The van der Waals surface area contributed by atoms with Gasteiger partial charge in [-0.2, -0.15) is 0 Å². The van der Waals surface area contributed by atoms with Gasteiger partial charge >= 0.3 is 0 Å². The third kappa shape index (κ3) is 8.63. The van der Waals surface area contributed by atoms with Gasteiger partial charge in [0.25, 0.3) is 0 Å². The van der Waals surface area contributed by atoms with Crippen molar-refractivity contribution in [2.75, 3.05) is 9.80 Å². The van der Waals surface area contributed by atoms with E-state index < -0.39 is 5.41 Å². The van der Waals surface area contributed by atoms with Crippen LogP contribution in [0.25, 0.3) is 32.7 Å². The molecule has 0 unspecified atom stereocenters. The van der Waals surface area contributed by atoms with Crippen LogP contribution in [0.5, 0.6) is 0 Å². The predicted octanol–water partition coefficient (Wildman–Crippen LogP) is 20.5. The van der Waals surface area contributed by atoms with Crippen LogP contribution < -0.4 is 9.80 Å². The lowest BCUT2D eigenvalue weighted by molar-refractivity contribution is 0.590. The zero-order chi connectivity index (χ0) is 52.7. The summed E-state index contributed by atoms with van der Waals surface area (Å²) in [7, 11) is 0. The first-order chi connectivity index (χ1) is 35.7. The van der Waals surface area contributed by atoms with E-state index in [0.717, 1.165) is 34.1 Å². The van der Waals surface area contributed by atoms with Crippen molar-refractivity contribution >= 4 is 55.7 Å². The van der Waals surface area contributed by atoms with E-state index in [2.05, 4.69) is 311 Å². The van der Waals surface area contributed by atoms with E-state index in [-0.39, 0.29) is 21.7 Å². The highest BCUT2D eigenvalue weighted by Gasteiger charge is 2.49. The monoisotopic (exact) mass is 977 g/mol. The van der Waals surface area contributed by atoms with Crippen LogP contribution in [0.15, 0.2) is 218 Å². The largest absolute Gasteiger partial charge is 0.310 e. The van der Waals surface area contributed by atoms with Crippen LogP contribution in [0.2, 0.25) is 0 Å². The van der Waals surface area contributed by atoms with Gasteiger partial charge in [-0.1, -0.05) is 241 Å². The van der Waals surface area contributed by atoms with Crippen molar-refractivity contribution in [2.45, 2.75) is 110 Å². The Morgan fingerprint density at radius 3 is 0.760 bits per heavy atom. The Balaban J connectivity index is 1.28. The van der Waals surface area contributed by atoms with Gasteiger partial charge in [0.05, 0.1) is 16.8 Å². The van der Waals surface area contributed by atoms with Crippen molar-refractivity contribution in [3.63, 3.8) is 0 Å². The molecule has 2 nitrogen and oxygen atoms in total. The third-order valence-electron chi connectivity index (χ3n) is 16.0. The first-order valence-electron chi connectivity index (χ1n) is 27.0. The second kappa shape index (κ2) is 18.3. The molecular weight excluding hydrogens is 905 g/mol. The smallest absolute Gasteiger partial charge is 0.0715 e. The Morgan fingerprint density at radius 2 is 0.507 bits per heavy atom. The van der Waals surface area contributed by atoms with E-state index in [0.29, 0.717) is 0 Å². The first kappa shape index (κ1) is 49.5. The number of hydrogen-bond acceptors (Lipinski definition) is 2. The summed E-state index contributed by atoms with van der Waals surface area (Å²) in [4.78, 5) is 5.03. The zero-order valence-electron chi connectivity index (χ0n) is 46.2. The third-order valence-corrected chi connectivity index (χ3v) is 16.0. The lowest BCUT2D eigenvalue weighted by Gasteiger charge is -2.36. The van der Waals surface area contributed by atoms with Crippen molar-refractivity contribution in [1.29, 1.82) is 0 Å². The molecule has 0 saturated heterocycles. The summed E-state index contributed by atoms with van der Waals surface area (Å²) >= 11 is 0. The highest BCUT2D eigenvalue weighted by molar-refractivity contribution is 6.18. The summed E-state index contributed by atoms with van der Waals surface area (Å²) in [6.45, 7) is 27.5. The number of rotatable bonds is 8. The summed E-state index contributed by atoms with van der Waals surface area (Å²) < 4.78 is 0. The second-order valence-electron chi connectivity index (χ2n) is 25.1. The van der Waals surface area contributed by atoms with Gasteiger partial charge in [-0.05, 0) is 149 Å². The number of hydrogen-bond donors (Lipinski definition) is 0. The summed E-state index contributed by atoms with van der Waals surface area (Å²) in [6.07, 6.45) is 0. The predicted molar refractivity (Wildman–Crippen MR) is 323 cm³/mol. The van der Waals surface area contributed by atoms with Crippen molar-refractivity contribution < 1.29 is 0 Å². The van der Waals surface area contributed by atoms with Crippen molar-refractivity contribution in [1.82, 2.24) is 0 Å². The van der Waals surface area contributed by atoms with Gasteiger partial charge in [-0.25, -0.2) is 0 Å². The van der Waals surface area contributed by atoms with E-state index in [9.17, 15) is 0 Å². The molecule has 0 bridgehead atoms. The maximum Gasteiger partial charge on any atom is 0.0715 e. The molecule has 374 valence electrons. The lowest BCUT2D eigenvalue weighted by atomic mass is 9.67. The van der Waals surface area contributed by atoms with Gasteiger partial charge in [0.15, 0.2) is 0 Å². The van der Waals surface area contributed by atoms with Gasteiger partial charge in [0.1, 0.15) is 0 Å². The summed E-state index contributed by atoms with van der Waals surface area (Å²) in [5, 5.41) is 4.86. The van der Waals surface area contributed by atoms with Crippen molar-refractivity contribution in [3.8, 4) is 11.1 Å². The number of nitrogens with zero attached hydrogens (tertiary/aromatic N) is 2. The van der Waals surface area contributed by atoms with Crippen LogP contribution in [-0.4, -0.2) is 0 Å². The van der Waals surface area contributed by atoms with E-state index in [4.69, 9.17) is 0 Å². The van der Waals surface area contributed by atoms with E-state index >= 15 is 0 Å². The minimum atomic E-state index is -0.736. The van der Waals surface area contributed by atoms with Crippen LogP contribution >= 0.6 is 0 Å². The highest BCUT2D eigenvalue weighted by atomic mass is 15.2. The fourth-order valence-corrected chi connectivity index (χ4v) is 11.8. The highest BCUT2D eigenvalue weighted by Crippen LogP contribution is 2.63. The average Bonchev–Trinajstić information content (AvgIpc) is 3.82. The van der Waals surface area contributed by atoms with Crippen LogP contribution in [0, 0.1) is 0 Å². The second-order valence-corrected chi connectivity index (χ2v) is 25.1. The van der Waals surface area contributed by atoms with E-state index in [1.54, 1.807) is 0 Å². The molecule has 10 aromatic carbocycles. The number of benzene rings is 10. The Bertz CT molecular complexity index is 3320. The lowest BCUT2D eigenvalue weighted by Crippen LogP contribution is -2.29. The minimum absolute atomic E-state index is 0.0116. The molecule has 0 atom stereocenters. The number of fused-ring (bicyclic) bond motifs is 7. The molecule has 75 heavy (non-hydrogen) atoms. The molecule has 1 aliphatic rings. The molecule has 10 aromatic rings. The molecule has 0 heterocycles. The van der Waals surface area contributed by atoms with Gasteiger partial charge in [-0.15, -0.1) is 0 Å². The topological polar surface area (TPSA) is 6.48 Å². The first-order valence-corrected chi connectivity index (χ1v) is 27.0. The molecule has 0 amide bonds. The molecule has 2 heteroatoms. The van der Waals surface area contributed by atoms with Gasteiger partial charge in [0, 0.05) is 33.5 Å². The summed E-state index contributed by atoms with van der Waals surface area (Å²) in [5.41, 5.74) is 18.9. The Hall–Kier alpha value is -7.68. The van der Waals surface area contributed by atoms with Crippen molar-refractivity contribution in [3.05, 3.63) is 263 Å². The van der Waals surface area contributed by atoms with E-state index in [1.807, 2.05) is 0 Å². The summed E-state index contributed by atoms with van der Waals surface area (Å²) in [6, 6.07) is 83.3. The Labute approximate surface area is 447 Å². The Morgan fingerprint density at radius 1 is 0.267 bits per heavy atom. The maximum atomic E-state index is 2.57. The normalized spacial score (nSPS) is 13.4. The molecule has 1 aliphatic carbocycles. The standard InChI is InChI=1S/C73H72N2/c1-69(2,3)49-31-39-55(40-32-49)74(56-41-33-50(34-42-56)70(4,5)6)65-47-63-67(61-29-21-19-27-59(61)65)68-62-30-22-20-28-60(62)66(48-64(68)73(63,53-23-15-13-16-24-53)54-25-17-14-18-26-54)75(57-43-35-51(36-44-57)71(7,8)9)58-45-37-52(38-46-58)72(10,11)12/h13-48H,1-12H3. The van der Waals surface area contributed by atoms with Gasteiger partial charge < -0.3 is 9.80 Å². The average molecular weight is 977 g/mol. The fourth-order valence-electron chi connectivity index (χ4n) is 11.8. The quantitative estimate of drug-likeness (QED) is 0.150. The Kier molecular flexibility index (Phi) is 12.1. The molecular formula is C73H72N2. The van der Waals surface area contributed by atoms with Gasteiger partial charge in [0.2, 0.25) is 0 Å².